The third-order valence-corrected chi connectivity index (χ3v) is 3.72. The number of anilines is 1. The van der Waals surface area contributed by atoms with E-state index >= 15 is 0 Å². The molecule has 2 rings (SSSR count). The van der Waals surface area contributed by atoms with Crippen LogP contribution in [0, 0.1) is 12.3 Å². The lowest BCUT2D eigenvalue weighted by atomic mass is 9.74. The van der Waals surface area contributed by atoms with Gasteiger partial charge in [-0.2, -0.15) is 0 Å². The smallest absolute Gasteiger partial charge is 0.170 e. The lowest BCUT2D eigenvalue weighted by Gasteiger charge is -2.28. The van der Waals surface area contributed by atoms with Gasteiger partial charge in [0.1, 0.15) is 11.3 Å². The van der Waals surface area contributed by atoms with E-state index in [0.717, 1.165) is 11.3 Å². The molecule has 1 saturated carbocycles. The Bertz CT molecular complexity index is 647. The Labute approximate surface area is 130 Å². The molecule has 1 aromatic rings. The fourth-order valence-electron chi connectivity index (χ4n) is 2.58. The molecule has 4 heteroatoms. The first-order valence-corrected chi connectivity index (χ1v) is 7.28. The summed E-state index contributed by atoms with van der Waals surface area (Å²) >= 11 is 0. The highest BCUT2D eigenvalue weighted by Crippen LogP contribution is 2.34. The first kappa shape index (κ1) is 16.0. The number of carbonyl (C=O) groups is 2. The van der Waals surface area contributed by atoms with Crippen molar-refractivity contribution in [3.8, 4) is 0 Å². The molecular formula is C18H21NO3. The van der Waals surface area contributed by atoms with Gasteiger partial charge in [0.25, 0.3) is 0 Å². The van der Waals surface area contributed by atoms with Gasteiger partial charge >= 0.3 is 0 Å². The lowest BCUT2D eigenvalue weighted by Crippen LogP contribution is -2.32. The Hall–Kier alpha value is -2.36. The average molecular weight is 299 g/mol. The molecule has 2 N–H and O–H groups in total. The molecule has 116 valence electrons. The molecule has 0 aliphatic heterocycles. The van der Waals surface area contributed by atoms with Crippen LogP contribution in [-0.4, -0.2) is 16.7 Å². The minimum absolute atomic E-state index is 0.0813. The van der Waals surface area contributed by atoms with Gasteiger partial charge in [0.15, 0.2) is 11.6 Å². The molecule has 1 aromatic carbocycles. The normalized spacial score (nSPS) is 17.9. The Kier molecular flexibility index (Phi) is 4.50. The number of ketones is 2. The summed E-state index contributed by atoms with van der Waals surface area (Å²) in [5.74, 6) is -0.856. The van der Waals surface area contributed by atoms with Crippen LogP contribution in [0.2, 0.25) is 0 Å². The van der Waals surface area contributed by atoms with Gasteiger partial charge in [-0.1, -0.05) is 32.0 Å². The Morgan fingerprint density at radius 1 is 1.18 bits per heavy atom. The van der Waals surface area contributed by atoms with Crippen LogP contribution in [0.3, 0.4) is 0 Å². The first-order valence-electron chi connectivity index (χ1n) is 7.28. The summed E-state index contributed by atoms with van der Waals surface area (Å²) in [5, 5.41) is 13.1. The molecule has 4 nitrogen and oxygen atoms in total. The second-order valence-electron chi connectivity index (χ2n) is 6.42. The number of aliphatic hydroxyl groups is 1. The first-order chi connectivity index (χ1) is 10.3. The van der Waals surface area contributed by atoms with Crippen molar-refractivity contribution in [2.45, 2.75) is 33.6 Å². The molecule has 0 heterocycles. The number of aliphatic hydroxyl groups excluding tert-OH is 1. The van der Waals surface area contributed by atoms with Crippen molar-refractivity contribution in [2.75, 3.05) is 5.32 Å². The topological polar surface area (TPSA) is 66.4 Å². The number of benzene rings is 1. The van der Waals surface area contributed by atoms with E-state index < -0.39 is 0 Å². The molecule has 0 bridgehead atoms. The van der Waals surface area contributed by atoms with Crippen LogP contribution < -0.4 is 5.32 Å². The highest BCUT2D eigenvalue weighted by Gasteiger charge is 2.37. The van der Waals surface area contributed by atoms with Gasteiger partial charge in [-0.25, -0.2) is 0 Å². The number of aryl methyl sites for hydroxylation is 1. The molecular weight excluding hydrogens is 278 g/mol. The van der Waals surface area contributed by atoms with Crippen LogP contribution >= 0.6 is 0 Å². The molecule has 0 atom stereocenters. The third-order valence-electron chi connectivity index (χ3n) is 3.72. The monoisotopic (exact) mass is 299 g/mol. The summed E-state index contributed by atoms with van der Waals surface area (Å²) in [4.78, 5) is 24.1. The van der Waals surface area contributed by atoms with Crippen molar-refractivity contribution in [2.24, 2.45) is 5.41 Å². The highest BCUT2D eigenvalue weighted by atomic mass is 16.3. The van der Waals surface area contributed by atoms with Gasteiger partial charge in [-0.3, -0.25) is 9.59 Å². The van der Waals surface area contributed by atoms with E-state index in [1.54, 1.807) is 0 Å². The molecule has 0 radical (unpaired) electrons. The predicted molar refractivity (Wildman–Crippen MR) is 86.6 cm³/mol. The molecule has 0 spiro atoms. The maximum absolute atomic E-state index is 12.1. The van der Waals surface area contributed by atoms with Crippen molar-refractivity contribution in [1.29, 1.82) is 0 Å². The fraction of sp³-hybridized carbons (Fsp3) is 0.333. The van der Waals surface area contributed by atoms with E-state index in [0.29, 0.717) is 0 Å². The Balaban J connectivity index is 2.15. The van der Waals surface area contributed by atoms with E-state index in [1.807, 2.05) is 45.0 Å². The second-order valence-corrected chi connectivity index (χ2v) is 6.42. The molecule has 1 aliphatic carbocycles. The van der Waals surface area contributed by atoms with E-state index in [1.165, 1.54) is 12.3 Å². The molecule has 0 saturated heterocycles. The number of para-hydroxylation sites is 1. The summed E-state index contributed by atoms with van der Waals surface area (Å²) in [6, 6.07) is 7.70. The summed E-state index contributed by atoms with van der Waals surface area (Å²) in [6.07, 6.45) is 3.44. The van der Waals surface area contributed by atoms with E-state index in [-0.39, 0.29) is 41.2 Å². The zero-order chi connectivity index (χ0) is 16.3. The standard InChI is InChI=1S/C18H21NO3/c1-12-6-4-5-7-13(12)19-9-8-14(20)17-15(21)10-18(2,3)11-16(17)22/h4-9,19-20H,10-11H2,1-3H3/b9-8+. The third kappa shape index (κ3) is 3.64. The Morgan fingerprint density at radius 2 is 1.77 bits per heavy atom. The quantitative estimate of drug-likeness (QED) is 0.507. The van der Waals surface area contributed by atoms with Gasteiger partial charge in [0.2, 0.25) is 0 Å². The van der Waals surface area contributed by atoms with Gasteiger partial charge in [0, 0.05) is 24.7 Å². The summed E-state index contributed by atoms with van der Waals surface area (Å²) < 4.78 is 0. The van der Waals surface area contributed by atoms with Gasteiger partial charge in [0.05, 0.1) is 0 Å². The van der Waals surface area contributed by atoms with Crippen molar-refractivity contribution >= 4 is 17.3 Å². The number of nitrogens with one attached hydrogen (secondary N) is 1. The highest BCUT2D eigenvalue weighted by molar-refractivity contribution is 6.22. The predicted octanol–water partition coefficient (Wildman–Crippen LogP) is 3.69. The number of allylic oxidation sites excluding steroid dienone is 2. The number of rotatable bonds is 3. The largest absolute Gasteiger partial charge is 0.507 e. The van der Waals surface area contributed by atoms with Crippen LogP contribution in [0.4, 0.5) is 5.69 Å². The fourth-order valence-corrected chi connectivity index (χ4v) is 2.58. The minimum Gasteiger partial charge on any atom is -0.507 e. The maximum atomic E-state index is 12.1. The van der Waals surface area contributed by atoms with Gasteiger partial charge in [-0.05, 0) is 30.0 Å². The molecule has 0 aromatic heterocycles. The number of hydrogen-bond donors (Lipinski definition) is 2. The van der Waals surface area contributed by atoms with Crippen molar-refractivity contribution < 1.29 is 14.7 Å². The SMILES string of the molecule is Cc1ccccc1N/C=C/C(O)=C1C(=O)CC(C)(C)CC1=O. The zero-order valence-electron chi connectivity index (χ0n) is 13.1. The van der Waals surface area contributed by atoms with Crippen LogP contribution in [0.5, 0.6) is 0 Å². The molecule has 22 heavy (non-hydrogen) atoms. The van der Waals surface area contributed by atoms with Crippen molar-refractivity contribution in [3.05, 3.63) is 53.4 Å². The molecule has 0 unspecified atom stereocenters. The number of hydrogen-bond acceptors (Lipinski definition) is 4. The summed E-state index contributed by atoms with van der Waals surface area (Å²) in [7, 11) is 0. The van der Waals surface area contributed by atoms with Crippen molar-refractivity contribution in [1.82, 2.24) is 0 Å². The second kappa shape index (κ2) is 6.18. The van der Waals surface area contributed by atoms with Crippen LogP contribution in [0.15, 0.2) is 47.9 Å². The molecule has 1 fully saturated rings. The van der Waals surface area contributed by atoms with E-state index in [9.17, 15) is 14.7 Å². The Morgan fingerprint density at radius 3 is 2.36 bits per heavy atom. The summed E-state index contributed by atoms with van der Waals surface area (Å²) in [5.41, 5.74) is 1.55. The molecule has 0 amide bonds. The maximum Gasteiger partial charge on any atom is 0.170 e. The van der Waals surface area contributed by atoms with E-state index in [4.69, 9.17) is 0 Å². The van der Waals surface area contributed by atoms with Gasteiger partial charge in [-0.15, -0.1) is 0 Å². The number of carbonyl (C=O) groups excluding carboxylic acids is 2. The van der Waals surface area contributed by atoms with Crippen molar-refractivity contribution in [3.63, 3.8) is 0 Å². The lowest BCUT2D eigenvalue weighted by molar-refractivity contribution is -0.127. The zero-order valence-corrected chi connectivity index (χ0v) is 13.1. The van der Waals surface area contributed by atoms with Gasteiger partial charge < -0.3 is 10.4 Å². The number of Topliss-reactive ketones (excluding diaryl/α,β-unsaturated/α-hetero) is 2. The van der Waals surface area contributed by atoms with Crippen LogP contribution in [0.25, 0.3) is 0 Å². The van der Waals surface area contributed by atoms with Crippen LogP contribution in [0.1, 0.15) is 32.3 Å². The van der Waals surface area contributed by atoms with Crippen LogP contribution in [-0.2, 0) is 9.59 Å². The summed E-state index contributed by atoms with van der Waals surface area (Å²) in [6.45, 7) is 5.73. The molecule has 1 aliphatic rings. The van der Waals surface area contributed by atoms with E-state index in [2.05, 4.69) is 5.32 Å². The average Bonchev–Trinajstić information content (AvgIpc) is 2.38. The minimum atomic E-state index is -0.332.